The first-order valence-electron chi connectivity index (χ1n) is 6.95. The van der Waals surface area contributed by atoms with Crippen LogP contribution < -0.4 is 5.73 Å². The quantitative estimate of drug-likeness (QED) is 0.474. The average Bonchev–Trinajstić information content (AvgIpc) is 2.29. The van der Waals surface area contributed by atoms with E-state index < -0.39 is 0 Å². The largest absolute Gasteiger partial charge is 0.466 e. The fourth-order valence-corrected chi connectivity index (χ4v) is 1.86. The zero-order chi connectivity index (χ0) is 13.1. The normalized spacial score (nSPS) is 12.8. The number of nitrogens with two attached hydrogens (primary N) is 1. The molecule has 0 bridgehead atoms. The highest BCUT2D eigenvalue weighted by molar-refractivity contribution is 5.69. The molecule has 102 valence electrons. The molecule has 0 aliphatic rings. The summed E-state index contributed by atoms with van der Waals surface area (Å²) in [6.45, 7) is 7.79. The Morgan fingerprint density at radius 1 is 1.24 bits per heavy atom. The Balaban J connectivity index is 3.51. The van der Waals surface area contributed by atoms with Gasteiger partial charge in [-0.15, -0.1) is 0 Å². The Morgan fingerprint density at radius 2 is 1.94 bits per heavy atom. The molecule has 3 heteroatoms. The van der Waals surface area contributed by atoms with Gasteiger partial charge in [0.1, 0.15) is 0 Å². The van der Waals surface area contributed by atoms with Crippen LogP contribution in [0.4, 0.5) is 0 Å². The van der Waals surface area contributed by atoms with Gasteiger partial charge >= 0.3 is 5.97 Å². The van der Waals surface area contributed by atoms with Gasteiger partial charge in [-0.05, 0) is 44.1 Å². The monoisotopic (exact) mass is 243 g/mol. The number of hydrogen-bond acceptors (Lipinski definition) is 3. The summed E-state index contributed by atoms with van der Waals surface area (Å²) in [6, 6.07) is 0. The van der Waals surface area contributed by atoms with Crippen LogP contribution in [0.25, 0.3) is 0 Å². The van der Waals surface area contributed by atoms with Crippen LogP contribution >= 0.6 is 0 Å². The van der Waals surface area contributed by atoms with Crippen molar-refractivity contribution in [1.29, 1.82) is 0 Å². The predicted octanol–water partition coefficient (Wildman–Crippen LogP) is 3.12. The van der Waals surface area contributed by atoms with Gasteiger partial charge in [0.15, 0.2) is 0 Å². The highest BCUT2D eigenvalue weighted by Crippen LogP contribution is 2.15. The molecule has 0 aromatic carbocycles. The molecule has 1 atom stereocenters. The van der Waals surface area contributed by atoms with E-state index in [1.807, 2.05) is 0 Å². The van der Waals surface area contributed by atoms with Gasteiger partial charge in [-0.3, -0.25) is 4.79 Å². The predicted molar refractivity (Wildman–Crippen MR) is 71.7 cm³/mol. The van der Waals surface area contributed by atoms with Gasteiger partial charge in [-0.25, -0.2) is 0 Å². The lowest BCUT2D eigenvalue weighted by atomic mass is 9.97. The third kappa shape index (κ3) is 10.3. The lowest BCUT2D eigenvalue weighted by molar-refractivity contribution is -0.144. The van der Waals surface area contributed by atoms with Crippen LogP contribution in [-0.4, -0.2) is 19.1 Å². The van der Waals surface area contributed by atoms with Gasteiger partial charge in [-0.1, -0.05) is 27.2 Å². The van der Waals surface area contributed by atoms with Gasteiger partial charge in [0.25, 0.3) is 0 Å². The number of esters is 1. The van der Waals surface area contributed by atoms with Crippen molar-refractivity contribution in [2.75, 3.05) is 13.2 Å². The highest BCUT2D eigenvalue weighted by atomic mass is 16.5. The van der Waals surface area contributed by atoms with E-state index in [4.69, 9.17) is 10.5 Å². The van der Waals surface area contributed by atoms with Gasteiger partial charge in [0.2, 0.25) is 0 Å². The number of rotatable bonds is 10. The molecule has 0 spiro atoms. The number of hydrogen-bond donors (Lipinski definition) is 1. The molecule has 0 fully saturated rings. The standard InChI is InChI=1S/C14H29NO2/c1-4-13(9-10-15)7-8-14(16)17-11-5-6-12(2)3/h12-13H,4-11,15H2,1-3H3. The Kier molecular flexibility index (Phi) is 10.2. The van der Waals surface area contributed by atoms with Gasteiger partial charge < -0.3 is 10.5 Å². The van der Waals surface area contributed by atoms with Crippen molar-refractivity contribution in [2.45, 2.75) is 59.3 Å². The molecule has 0 saturated heterocycles. The first-order chi connectivity index (χ1) is 8.10. The smallest absolute Gasteiger partial charge is 0.305 e. The number of ether oxygens (including phenoxy) is 1. The topological polar surface area (TPSA) is 52.3 Å². The summed E-state index contributed by atoms with van der Waals surface area (Å²) in [7, 11) is 0. The molecule has 0 amide bonds. The summed E-state index contributed by atoms with van der Waals surface area (Å²) in [5, 5.41) is 0. The van der Waals surface area contributed by atoms with E-state index in [0.29, 0.717) is 31.4 Å². The third-order valence-corrected chi connectivity index (χ3v) is 3.10. The molecule has 0 aromatic rings. The van der Waals surface area contributed by atoms with Crippen LogP contribution in [0.5, 0.6) is 0 Å². The molecule has 0 aromatic heterocycles. The number of carbonyl (C=O) groups excluding carboxylic acids is 1. The van der Waals surface area contributed by atoms with E-state index in [1.165, 1.54) is 0 Å². The maximum absolute atomic E-state index is 11.5. The van der Waals surface area contributed by atoms with Crippen molar-refractivity contribution in [3.05, 3.63) is 0 Å². The fraction of sp³-hybridized carbons (Fsp3) is 0.929. The summed E-state index contributed by atoms with van der Waals surface area (Å²) < 4.78 is 5.20. The second-order valence-corrected chi connectivity index (χ2v) is 5.15. The van der Waals surface area contributed by atoms with Gasteiger partial charge in [-0.2, -0.15) is 0 Å². The average molecular weight is 243 g/mol. The second-order valence-electron chi connectivity index (χ2n) is 5.15. The van der Waals surface area contributed by atoms with E-state index in [1.54, 1.807) is 0 Å². The molecular weight excluding hydrogens is 214 g/mol. The van der Waals surface area contributed by atoms with Crippen molar-refractivity contribution in [1.82, 2.24) is 0 Å². The van der Waals surface area contributed by atoms with Crippen LogP contribution in [-0.2, 0) is 9.53 Å². The fourth-order valence-electron chi connectivity index (χ4n) is 1.86. The van der Waals surface area contributed by atoms with Gasteiger partial charge in [0, 0.05) is 6.42 Å². The minimum atomic E-state index is -0.0516. The highest BCUT2D eigenvalue weighted by Gasteiger charge is 2.09. The van der Waals surface area contributed by atoms with E-state index >= 15 is 0 Å². The van der Waals surface area contributed by atoms with E-state index in [0.717, 1.165) is 32.1 Å². The minimum Gasteiger partial charge on any atom is -0.466 e. The lowest BCUT2D eigenvalue weighted by Crippen LogP contribution is -2.12. The summed E-state index contributed by atoms with van der Waals surface area (Å²) in [4.78, 5) is 11.5. The zero-order valence-corrected chi connectivity index (χ0v) is 11.7. The molecule has 0 heterocycles. The van der Waals surface area contributed by atoms with Crippen molar-refractivity contribution in [2.24, 2.45) is 17.6 Å². The SMILES string of the molecule is CCC(CCN)CCC(=O)OCCCC(C)C. The molecule has 0 saturated carbocycles. The second kappa shape index (κ2) is 10.6. The van der Waals surface area contributed by atoms with Crippen molar-refractivity contribution >= 4 is 5.97 Å². The Bertz CT molecular complexity index is 193. The summed E-state index contributed by atoms with van der Waals surface area (Å²) in [6.07, 6.45) is 5.66. The lowest BCUT2D eigenvalue weighted by Gasteiger charge is -2.13. The molecule has 0 aliphatic carbocycles. The molecule has 1 unspecified atom stereocenters. The Morgan fingerprint density at radius 3 is 2.47 bits per heavy atom. The van der Waals surface area contributed by atoms with Crippen LogP contribution in [0.3, 0.4) is 0 Å². The molecule has 2 N–H and O–H groups in total. The zero-order valence-electron chi connectivity index (χ0n) is 11.7. The molecule has 0 aliphatic heterocycles. The van der Waals surface area contributed by atoms with Crippen molar-refractivity contribution < 1.29 is 9.53 Å². The molecular formula is C14H29NO2. The minimum absolute atomic E-state index is 0.0516. The summed E-state index contributed by atoms with van der Waals surface area (Å²) in [5.74, 6) is 1.20. The van der Waals surface area contributed by atoms with Crippen LogP contribution in [0.15, 0.2) is 0 Å². The maximum atomic E-state index is 11.5. The maximum Gasteiger partial charge on any atom is 0.305 e. The van der Waals surface area contributed by atoms with Gasteiger partial charge in [0.05, 0.1) is 6.61 Å². The summed E-state index contributed by atoms with van der Waals surface area (Å²) >= 11 is 0. The van der Waals surface area contributed by atoms with E-state index in [9.17, 15) is 4.79 Å². The number of carbonyl (C=O) groups is 1. The first-order valence-corrected chi connectivity index (χ1v) is 6.95. The van der Waals surface area contributed by atoms with E-state index in [2.05, 4.69) is 20.8 Å². The molecule has 3 nitrogen and oxygen atoms in total. The first kappa shape index (κ1) is 16.4. The molecule has 0 radical (unpaired) electrons. The van der Waals surface area contributed by atoms with Crippen molar-refractivity contribution in [3.8, 4) is 0 Å². The van der Waals surface area contributed by atoms with Crippen LogP contribution in [0.2, 0.25) is 0 Å². The van der Waals surface area contributed by atoms with E-state index in [-0.39, 0.29) is 5.97 Å². The van der Waals surface area contributed by atoms with Crippen LogP contribution in [0.1, 0.15) is 59.3 Å². The Hall–Kier alpha value is -0.570. The summed E-state index contributed by atoms with van der Waals surface area (Å²) in [5.41, 5.74) is 5.52. The third-order valence-electron chi connectivity index (χ3n) is 3.10. The molecule has 0 rings (SSSR count). The Labute approximate surface area is 106 Å². The molecule has 17 heavy (non-hydrogen) atoms. The van der Waals surface area contributed by atoms with Crippen LogP contribution in [0, 0.1) is 11.8 Å². The van der Waals surface area contributed by atoms with Crippen molar-refractivity contribution in [3.63, 3.8) is 0 Å².